The van der Waals surface area contributed by atoms with Crippen LogP contribution in [0.3, 0.4) is 0 Å². The van der Waals surface area contributed by atoms with E-state index in [0.717, 1.165) is 11.3 Å². The number of ether oxygens (including phenoxy) is 3. The summed E-state index contributed by atoms with van der Waals surface area (Å²) in [6, 6.07) is 18.6. The molecular weight excluding hydrogens is 554 g/mol. The van der Waals surface area contributed by atoms with E-state index >= 15 is 0 Å². The van der Waals surface area contributed by atoms with Crippen molar-refractivity contribution >= 4 is 45.5 Å². The summed E-state index contributed by atoms with van der Waals surface area (Å²) in [7, 11) is 5.45. The second-order valence-electron chi connectivity index (χ2n) is 9.48. The van der Waals surface area contributed by atoms with Crippen molar-refractivity contribution < 1.29 is 19.0 Å². The Morgan fingerprint density at radius 1 is 1.10 bits per heavy atom. The molecule has 0 saturated heterocycles. The zero-order valence-corrected chi connectivity index (χ0v) is 24.7. The Bertz CT molecular complexity index is 1650. The smallest absolute Gasteiger partial charge is 0.248 e. The molecule has 2 N–H and O–H groups in total. The van der Waals surface area contributed by atoms with Crippen LogP contribution < -0.4 is 24.8 Å². The van der Waals surface area contributed by atoms with Gasteiger partial charge >= 0.3 is 0 Å². The second-order valence-corrected chi connectivity index (χ2v) is 9.89. The molecule has 0 saturated carbocycles. The fourth-order valence-electron chi connectivity index (χ4n) is 4.17. The summed E-state index contributed by atoms with van der Waals surface area (Å²) in [4.78, 5) is 19.0. The standard InChI is InChI=1S/C32H32ClN5O4/c1-5-41-30-17-26-24(16-27(30)37-31(39)11-8-14-38(2)3)32(22(18-34)19-35-26)36-23-12-13-29(25(33)15-23)42-20-21-9-6-7-10-28(21)40-4/h6-13,15-17,19H,5,14,20H2,1-4H3,(H,35,36)(H,37,39). The van der Waals surface area contributed by atoms with Crippen molar-refractivity contribution in [1.82, 2.24) is 9.88 Å². The summed E-state index contributed by atoms with van der Waals surface area (Å²) in [6.07, 6.45) is 4.74. The van der Waals surface area contributed by atoms with Crippen molar-refractivity contribution in [1.29, 1.82) is 5.26 Å². The first kappa shape index (κ1) is 30.2. The maximum absolute atomic E-state index is 12.6. The van der Waals surface area contributed by atoms with Gasteiger partial charge in [-0.2, -0.15) is 5.26 Å². The van der Waals surface area contributed by atoms with E-state index in [4.69, 9.17) is 25.8 Å². The Morgan fingerprint density at radius 2 is 1.90 bits per heavy atom. The number of fused-ring (bicyclic) bond motifs is 1. The van der Waals surface area contributed by atoms with Crippen LogP contribution in [0.5, 0.6) is 17.2 Å². The number of anilines is 3. The number of carbonyl (C=O) groups is 1. The van der Waals surface area contributed by atoms with Crippen molar-refractivity contribution in [2.45, 2.75) is 13.5 Å². The zero-order valence-electron chi connectivity index (χ0n) is 23.9. The summed E-state index contributed by atoms with van der Waals surface area (Å²) in [5.74, 6) is 1.41. The third-order valence-electron chi connectivity index (χ3n) is 6.16. The lowest BCUT2D eigenvalue weighted by Gasteiger charge is -2.16. The zero-order chi connectivity index (χ0) is 30.1. The van der Waals surface area contributed by atoms with E-state index in [-0.39, 0.29) is 12.5 Å². The van der Waals surface area contributed by atoms with E-state index in [1.807, 2.05) is 56.3 Å². The van der Waals surface area contributed by atoms with Crippen molar-refractivity contribution in [3.63, 3.8) is 0 Å². The monoisotopic (exact) mass is 585 g/mol. The maximum atomic E-state index is 12.6. The number of pyridine rings is 1. The van der Waals surface area contributed by atoms with Gasteiger partial charge in [0.25, 0.3) is 0 Å². The van der Waals surface area contributed by atoms with Crippen LogP contribution in [0, 0.1) is 11.3 Å². The molecule has 10 heteroatoms. The SMILES string of the molecule is CCOc1cc2ncc(C#N)c(Nc3ccc(OCc4ccccc4OC)c(Cl)c3)c2cc1NC(=O)C=CCN(C)C. The number of nitrogens with zero attached hydrogens (tertiary/aromatic N) is 3. The number of benzene rings is 3. The fraction of sp³-hybridized carbons (Fsp3) is 0.219. The fourth-order valence-corrected chi connectivity index (χ4v) is 4.41. The third kappa shape index (κ3) is 7.49. The molecule has 1 amide bonds. The van der Waals surface area contributed by atoms with Crippen LogP contribution in [0.2, 0.25) is 5.02 Å². The van der Waals surface area contributed by atoms with Gasteiger partial charge in [-0.15, -0.1) is 0 Å². The highest BCUT2D eigenvalue weighted by atomic mass is 35.5. The first-order chi connectivity index (χ1) is 20.3. The van der Waals surface area contributed by atoms with Gasteiger partial charge in [-0.3, -0.25) is 9.78 Å². The Hall–Kier alpha value is -4.78. The predicted molar refractivity (Wildman–Crippen MR) is 166 cm³/mol. The Morgan fingerprint density at radius 3 is 2.62 bits per heavy atom. The van der Waals surface area contributed by atoms with Crippen LogP contribution in [0.25, 0.3) is 10.9 Å². The van der Waals surface area contributed by atoms with Gasteiger partial charge in [0.15, 0.2) is 0 Å². The summed E-state index contributed by atoms with van der Waals surface area (Å²) in [5, 5.41) is 17.1. The quantitative estimate of drug-likeness (QED) is 0.180. The number of para-hydroxylation sites is 1. The number of hydrogen-bond acceptors (Lipinski definition) is 8. The van der Waals surface area contributed by atoms with Gasteiger partial charge < -0.3 is 29.7 Å². The molecule has 0 spiro atoms. The minimum Gasteiger partial charge on any atom is -0.496 e. The Kier molecular flexibility index (Phi) is 10.2. The number of nitriles is 1. The number of methoxy groups -OCH3 is 1. The number of amides is 1. The average Bonchev–Trinajstić information content (AvgIpc) is 2.97. The molecule has 4 aromatic rings. The Balaban J connectivity index is 1.63. The van der Waals surface area contributed by atoms with Crippen molar-refractivity contribution in [3.8, 4) is 23.3 Å². The van der Waals surface area contributed by atoms with Crippen molar-refractivity contribution in [3.05, 3.63) is 89.1 Å². The van der Waals surface area contributed by atoms with Gasteiger partial charge in [0, 0.05) is 41.5 Å². The number of carbonyl (C=O) groups excluding carboxylic acids is 1. The number of likely N-dealkylation sites (N-methyl/N-ethyl adjacent to an activating group) is 1. The molecule has 0 fully saturated rings. The lowest BCUT2D eigenvalue weighted by atomic mass is 10.1. The molecule has 0 aliphatic heterocycles. The molecule has 0 bridgehead atoms. The van der Waals surface area contributed by atoms with Gasteiger partial charge in [0.1, 0.15) is 29.9 Å². The molecule has 1 heterocycles. The van der Waals surface area contributed by atoms with E-state index in [1.54, 1.807) is 37.5 Å². The normalized spacial score (nSPS) is 11.0. The van der Waals surface area contributed by atoms with Crippen LogP contribution in [0.1, 0.15) is 18.1 Å². The maximum Gasteiger partial charge on any atom is 0.248 e. The first-order valence-corrected chi connectivity index (χ1v) is 13.6. The molecule has 1 aromatic heterocycles. The van der Waals surface area contributed by atoms with Gasteiger partial charge in [-0.05, 0) is 51.4 Å². The number of aromatic nitrogens is 1. The summed E-state index contributed by atoms with van der Waals surface area (Å²) < 4.78 is 17.1. The Labute approximate surface area is 250 Å². The van der Waals surface area contributed by atoms with Crippen molar-refractivity contribution in [2.75, 3.05) is 45.0 Å². The lowest BCUT2D eigenvalue weighted by Crippen LogP contribution is -2.13. The molecule has 0 atom stereocenters. The van der Waals surface area contributed by atoms with Crippen LogP contribution in [0.4, 0.5) is 17.1 Å². The number of rotatable bonds is 12. The second kappa shape index (κ2) is 14.2. The number of hydrogen-bond donors (Lipinski definition) is 2. The summed E-state index contributed by atoms with van der Waals surface area (Å²) in [5.41, 5.74) is 3.42. The van der Waals surface area contributed by atoms with Crippen molar-refractivity contribution in [2.24, 2.45) is 0 Å². The number of nitrogens with one attached hydrogen (secondary N) is 2. The third-order valence-corrected chi connectivity index (χ3v) is 6.46. The average molecular weight is 586 g/mol. The summed E-state index contributed by atoms with van der Waals surface area (Å²) >= 11 is 6.58. The number of halogens is 1. The van der Waals surface area contributed by atoms with Crippen LogP contribution >= 0.6 is 11.6 Å². The van der Waals surface area contributed by atoms with E-state index in [0.29, 0.717) is 63.2 Å². The van der Waals surface area contributed by atoms with Gasteiger partial charge in [0.05, 0.1) is 41.2 Å². The molecule has 0 aliphatic rings. The molecule has 0 unspecified atom stereocenters. The van der Waals surface area contributed by atoms with E-state index in [9.17, 15) is 10.1 Å². The minimum absolute atomic E-state index is 0.283. The van der Waals surface area contributed by atoms with E-state index < -0.39 is 0 Å². The molecule has 0 aliphatic carbocycles. The molecule has 9 nitrogen and oxygen atoms in total. The highest BCUT2D eigenvalue weighted by molar-refractivity contribution is 6.32. The summed E-state index contributed by atoms with van der Waals surface area (Å²) in [6.45, 7) is 3.17. The van der Waals surface area contributed by atoms with Crippen LogP contribution in [-0.4, -0.2) is 50.1 Å². The van der Waals surface area contributed by atoms with E-state index in [1.165, 1.54) is 12.3 Å². The predicted octanol–water partition coefficient (Wildman–Crippen LogP) is 6.55. The molecule has 216 valence electrons. The largest absolute Gasteiger partial charge is 0.496 e. The molecule has 42 heavy (non-hydrogen) atoms. The van der Waals surface area contributed by atoms with Gasteiger partial charge in [0.2, 0.25) is 5.91 Å². The highest BCUT2D eigenvalue weighted by Gasteiger charge is 2.16. The lowest BCUT2D eigenvalue weighted by molar-refractivity contribution is -0.111. The minimum atomic E-state index is -0.299. The van der Waals surface area contributed by atoms with Crippen LogP contribution in [-0.2, 0) is 11.4 Å². The topological polar surface area (TPSA) is 109 Å². The van der Waals surface area contributed by atoms with Gasteiger partial charge in [-0.25, -0.2) is 0 Å². The highest BCUT2D eigenvalue weighted by Crippen LogP contribution is 2.37. The molecule has 3 aromatic carbocycles. The van der Waals surface area contributed by atoms with Crippen LogP contribution in [0.15, 0.2) is 72.9 Å². The molecular formula is C32H32ClN5O4. The van der Waals surface area contributed by atoms with Gasteiger partial charge in [-0.1, -0.05) is 35.9 Å². The molecule has 0 radical (unpaired) electrons. The molecule has 4 rings (SSSR count). The van der Waals surface area contributed by atoms with E-state index in [2.05, 4.69) is 21.7 Å². The first-order valence-electron chi connectivity index (χ1n) is 13.3.